The minimum absolute atomic E-state index is 0.323. The van der Waals surface area contributed by atoms with Gasteiger partial charge in [0.1, 0.15) is 23.5 Å². The summed E-state index contributed by atoms with van der Waals surface area (Å²) < 4.78 is 5.88. The Bertz CT molecular complexity index is 606. The van der Waals surface area contributed by atoms with Crippen LogP contribution in [0, 0.1) is 6.92 Å². The van der Waals surface area contributed by atoms with Gasteiger partial charge < -0.3 is 15.2 Å². The molecule has 1 aromatic heterocycles. The molecule has 0 bridgehead atoms. The number of fused-ring (bicyclic) bond motifs is 1. The molecule has 1 aromatic carbocycles. The molecule has 4 nitrogen and oxygen atoms in total. The fourth-order valence-corrected chi connectivity index (χ4v) is 2.58. The highest BCUT2D eigenvalue weighted by Gasteiger charge is 2.30. The van der Waals surface area contributed by atoms with E-state index in [1.807, 2.05) is 37.3 Å². The molecule has 20 heavy (non-hydrogen) atoms. The number of rotatable bonds is 3. The standard InChI is InChI=1S/C16H20N2O2/c1-12-5-6-13-3-2-4-14(15(13)18-12)20-11-16(19)7-9-17-10-8-16/h2-6,17,19H,7-11H2,1H3. The van der Waals surface area contributed by atoms with Crippen LogP contribution in [0.2, 0.25) is 0 Å². The lowest BCUT2D eigenvalue weighted by atomic mass is 9.93. The van der Waals surface area contributed by atoms with E-state index in [9.17, 15) is 5.11 Å². The summed E-state index contributed by atoms with van der Waals surface area (Å²) in [6.07, 6.45) is 1.45. The third kappa shape index (κ3) is 2.76. The molecule has 2 heterocycles. The third-order valence-electron chi connectivity index (χ3n) is 3.85. The van der Waals surface area contributed by atoms with E-state index in [1.54, 1.807) is 0 Å². The van der Waals surface area contributed by atoms with Crippen LogP contribution in [0.5, 0.6) is 5.75 Å². The Kier molecular flexibility index (Phi) is 3.59. The number of benzene rings is 1. The fraction of sp³-hybridized carbons (Fsp3) is 0.438. The zero-order valence-corrected chi connectivity index (χ0v) is 11.7. The summed E-state index contributed by atoms with van der Waals surface area (Å²) in [4.78, 5) is 4.54. The van der Waals surface area contributed by atoms with Crippen LogP contribution in [0.15, 0.2) is 30.3 Å². The topological polar surface area (TPSA) is 54.4 Å². The summed E-state index contributed by atoms with van der Waals surface area (Å²) >= 11 is 0. The van der Waals surface area contributed by atoms with Gasteiger partial charge in [-0.05, 0) is 45.0 Å². The number of nitrogens with one attached hydrogen (secondary N) is 1. The summed E-state index contributed by atoms with van der Waals surface area (Å²) in [6.45, 7) is 3.97. The van der Waals surface area contributed by atoms with Gasteiger partial charge in [0.25, 0.3) is 0 Å². The molecule has 0 atom stereocenters. The number of nitrogens with zero attached hydrogens (tertiary/aromatic N) is 1. The smallest absolute Gasteiger partial charge is 0.145 e. The maximum Gasteiger partial charge on any atom is 0.145 e. The Morgan fingerprint density at radius 2 is 2.05 bits per heavy atom. The van der Waals surface area contributed by atoms with E-state index in [0.717, 1.165) is 48.3 Å². The summed E-state index contributed by atoms with van der Waals surface area (Å²) in [5, 5.41) is 14.8. The lowest BCUT2D eigenvalue weighted by Gasteiger charge is -2.32. The van der Waals surface area contributed by atoms with Crippen molar-refractivity contribution in [1.82, 2.24) is 10.3 Å². The van der Waals surface area contributed by atoms with Crippen molar-refractivity contribution in [1.29, 1.82) is 0 Å². The van der Waals surface area contributed by atoms with Crippen molar-refractivity contribution < 1.29 is 9.84 Å². The van der Waals surface area contributed by atoms with Crippen molar-refractivity contribution in [3.63, 3.8) is 0 Å². The van der Waals surface area contributed by atoms with Crippen LogP contribution in [-0.2, 0) is 0 Å². The van der Waals surface area contributed by atoms with E-state index < -0.39 is 5.60 Å². The molecule has 1 saturated heterocycles. The summed E-state index contributed by atoms with van der Waals surface area (Å²) in [5.74, 6) is 0.748. The van der Waals surface area contributed by atoms with E-state index >= 15 is 0 Å². The minimum atomic E-state index is -0.725. The van der Waals surface area contributed by atoms with Crippen LogP contribution in [0.3, 0.4) is 0 Å². The molecule has 2 aromatic rings. The molecule has 1 aliphatic rings. The Morgan fingerprint density at radius 1 is 1.25 bits per heavy atom. The van der Waals surface area contributed by atoms with Gasteiger partial charge in [-0.1, -0.05) is 18.2 Å². The third-order valence-corrected chi connectivity index (χ3v) is 3.85. The van der Waals surface area contributed by atoms with Gasteiger partial charge in [-0.15, -0.1) is 0 Å². The van der Waals surface area contributed by atoms with Gasteiger partial charge in [0.05, 0.1) is 0 Å². The van der Waals surface area contributed by atoms with Crippen LogP contribution < -0.4 is 10.1 Å². The van der Waals surface area contributed by atoms with Crippen LogP contribution in [-0.4, -0.2) is 35.4 Å². The number of piperidine rings is 1. The molecule has 4 heteroatoms. The van der Waals surface area contributed by atoms with E-state index in [-0.39, 0.29) is 0 Å². The van der Waals surface area contributed by atoms with E-state index in [1.165, 1.54) is 0 Å². The van der Waals surface area contributed by atoms with Gasteiger partial charge in [0.15, 0.2) is 0 Å². The molecule has 2 N–H and O–H groups in total. The second-order valence-corrected chi connectivity index (χ2v) is 5.54. The molecule has 0 aliphatic carbocycles. The average molecular weight is 272 g/mol. The molecule has 0 unspecified atom stereocenters. The maximum atomic E-state index is 10.5. The highest BCUT2D eigenvalue weighted by Crippen LogP contribution is 2.26. The number of para-hydroxylation sites is 1. The number of hydrogen-bond acceptors (Lipinski definition) is 4. The highest BCUT2D eigenvalue weighted by molar-refractivity contribution is 5.84. The number of aliphatic hydroxyl groups is 1. The molecule has 0 radical (unpaired) electrons. The van der Waals surface area contributed by atoms with Crippen molar-refractivity contribution in [2.75, 3.05) is 19.7 Å². The van der Waals surface area contributed by atoms with Crippen LogP contribution in [0.25, 0.3) is 10.9 Å². The first-order chi connectivity index (χ1) is 9.66. The SMILES string of the molecule is Cc1ccc2cccc(OCC3(O)CCNCC3)c2n1. The number of ether oxygens (including phenoxy) is 1. The lowest BCUT2D eigenvalue weighted by Crippen LogP contribution is -2.46. The summed E-state index contributed by atoms with van der Waals surface area (Å²) in [5.41, 5.74) is 1.11. The molecular formula is C16H20N2O2. The van der Waals surface area contributed by atoms with Crippen LogP contribution >= 0.6 is 0 Å². The first-order valence-corrected chi connectivity index (χ1v) is 7.09. The van der Waals surface area contributed by atoms with Gasteiger partial charge in [-0.25, -0.2) is 4.98 Å². The molecule has 0 amide bonds. The first-order valence-electron chi connectivity index (χ1n) is 7.09. The zero-order chi connectivity index (χ0) is 14.0. The molecule has 106 valence electrons. The van der Waals surface area contributed by atoms with Gasteiger partial charge in [0.2, 0.25) is 0 Å². The van der Waals surface area contributed by atoms with Gasteiger partial charge in [0, 0.05) is 11.1 Å². The van der Waals surface area contributed by atoms with E-state index in [2.05, 4.69) is 10.3 Å². The van der Waals surface area contributed by atoms with Crippen LogP contribution in [0.4, 0.5) is 0 Å². The normalized spacial score (nSPS) is 18.1. The molecular weight excluding hydrogens is 252 g/mol. The van der Waals surface area contributed by atoms with Gasteiger partial charge in [-0.2, -0.15) is 0 Å². The van der Waals surface area contributed by atoms with Crippen molar-refractivity contribution in [3.05, 3.63) is 36.0 Å². The second kappa shape index (κ2) is 5.38. The Balaban J connectivity index is 1.82. The Morgan fingerprint density at radius 3 is 2.85 bits per heavy atom. The highest BCUT2D eigenvalue weighted by atomic mass is 16.5. The molecule has 3 rings (SSSR count). The van der Waals surface area contributed by atoms with Crippen molar-refractivity contribution in [2.45, 2.75) is 25.4 Å². The van der Waals surface area contributed by atoms with E-state index in [4.69, 9.17) is 4.74 Å². The Labute approximate surface area is 118 Å². The largest absolute Gasteiger partial charge is 0.488 e. The predicted molar refractivity (Wildman–Crippen MR) is 79.0 cm³/mol. The average Bonchev–Trinajstić information content (AvgIpc) is 2.46. The number of aryl methyl sites for hydroxylation is 1. The molecule has 0 saturated carbocycles. The lowest BCUT2D eigenvalue weighted by molar-refractivity contribution is -0.0282. The zero-order valence-electron chi connectivity index (χ0n) is 11.7. The maximum absolute atomic E-state index is 10.5. The molecule has 1 aliphatic heterocycles. The monoisotopic (exact) mass is 272 g/mol. The summed E-state index contributed by atoms with van der Waals surface area (Å²) in [7, 11) is 0. The number of pyridine rings is 1. The van der Waals surface area contributed by atoms with E-state index in [0.29, 0.717) is 6.61 Å². The predicted octanol–water partition coefficient (Wildman–Crippen LogP) is 2.04. The van der Waals surface area contributed by atoms with Gasteiger partial charge >= 0.3 is 0 Å². The Hall–Kier alpha value is -1.65. The first kappa shape index (κ1) is 13.3. The van der Waals surface area contributed by atoms with Crippen molar-refractivity contribution >= 4 is 10.9 Å². The fourth-order valence-electron chi connectivity index (χ4n) is 2.58. The van der Waals surface area contributed by atoms with Crippen molar-refractivity contribution in [2.24, 2.45) is 0 Å². The number of aromatic nitrogens is 1. The molecule has 0 spiro atoms. The number of hydrogen-bond donors (Lipinski definition) is 2. The summed E-state index contributed by atoms with van der Waals surface area (Å²) in [6, 6.07) is 9.93. The van der Waals surface area contributed by atoms with Crippen molar-refractivity contribution in [3.8, 4) is 5.75 Å². The van der Waals surface area contributed by atoms with Gasteiger partial charge in [-0.3, -0.25) is 0 Å². The molecule has 1 fully saturated rings. The van der Waals surface area contributed by atoms with Crippen LogP contribution in [0.1, 0.15) is 18.5 Å². The quantitative estimate of drug-likeness (QED) is 0.897. The second-order valence-electron chi connectivity index (χ2n) is 5.54. The minimum Gasteiger partial charge on any atom is -0.488 e.